The molecular weight excluding hydrogens is 410 g/mol. The van der Waals surface area contributed by atoms with Crippen molar-refractivity contribution in [3.05, 3.63) is 54.1 Å². The Morgan fingerprint density at radius 1 is 0.606 bits per heavy atom. The monoisotopic (exact) mass is 453 g/mol. The number of aryl methyl sites for hydroxylation is 1. The lowest BCUT2D eigenvalue weighted by atomic mass is 10.0. The molecule has 0 aliphatic carbocycles. The zero-order chi connectivity index (χ0) is 23.6. The lowest BCUT2D eigenvalue weighted by Gasteiger charge is -2.22. The Kier molecular flexibility index (Phi) is 14.1. The molecule has 0 spiro atoms. The third-order valence-corrected chi connectivity index (χ3v) is 5.99. The highest BCUT2D eigenvalue weighted by molar-refractivity contribution is 5.53. The van der Waals surface area contributed by atoms with Crippen LogP contribution in [0.15, 0.2) is 58.8 Å². The molecule has 0 aromatic heterocycles. The van der Waals surface area contributed by atoms with Gasteiger partial charge in [0, 0.05) is 18.8 Å². The summed E-state index contributed by atoms with van der Waals surface area (Å²) in [5.41, 5.74) is 3.95. The molecule has 0 aliphatic heterocycles. The summed E-state index contributed by atoms with van der Waals surface area (Å²) < 4.78 is 0. The van der Waals surface area contributed by atoms with Crippen LogP contribution in [-0.4, -0.2) is 36.5 Å². The molecule has 2 aromatic carbocycles. The van der Waals surface area contributed by atoms with Crippen LogP contribution in [0.5, 0.6) is 0 Å². The van der Waals surface area contributed by atoms with Gasteiger partial charge in [-0.3, -0.25) is 0 Å². The molecule has 0 amide bonds. The molecule has 0 bridgehead atoms. The highest BCUT2D eigenvalue weighted by Crippen LogP contribution is 2.23. The Morgan fingerprint density at radius 3 is 1.55 bits per heavy atom. The minimum Gasteiger partial charge on any atom is -0.395 e. The Hall–Kier alpha value is -2.24. The van der Waals surface area contributed by atoms with Crippen LogP contribution in [0.2, 0.25) is 0 Å². The van der Waals surface area contributed by atoms with Gasteiger partial charge in [-0.25, -0.2) is 0 Å². The van der Waals surface area contributed by atoms with Crippen molar-refractivity contribution in [3.63, 3.8) is 0 Å². The fraction of sp³-hybridized carbons (Fsp3) is 0.571. The van der Waals surface area contributed by atoms with Gasteiger partial charge in [-0.15, -0.1) is 0 Å². The molecule has 182 valence electrons. The van der Waals surface area contributed by atoms with Gasteiger partial charge in [0.05, 0.1) is 24.6 Å². The number of unbranched alkanes of at least 4 members (excludes halogenated alkanes) is 9. The normalized spacial score (nSPS) is 11.4. The summed E-state index contributed by atoms with van der Waals surface area (Å²) in [7, 11) is 0. The van der Waals surface area contributed by atoms with Crippen LogP contribution in [-0.2, 0) is 6.42 Å². The molecule has 0 fully saturated rings. The summed E-state index contributed by atoms with van der Waals surface area (Å²) in [6.45, 7) is 3.36. The van der Waals surface area contributed by atoms with Gasteiger partial charge in [0.1, 0.15) is 0 Å². The highest BCUT2D eigenvalue weighted by Gasteiger charge is 2.05. The maximum atomic E-state index is 9.17. The number of rotatable bonds is 18. The van der Waals surface area contributed by atoms with Crippen LogP contribution >= 0.6 is 0 Å². The van der Waals surface area contributed by atoms with E-state index in [0.29, 0.717) is 13.1 Å². The zero-order valence-electron chi connectivity index (χ0n) is 20.5. The van der Waals surface area contributed by atoms with Crippen LogP contribution in [0.25, 0.3) is 0 Å². The van der Waals surface area contributed by atoms with Crippen molar-refractivity contribution in [2.45, 2.75) is 77.6 Å². The summed E-state index contributed by atoms with van der Waals surface area (Å²) in [4.78, 5) is 1.94. The first-order valence-electron chi connectivity index (χ1n) is 12.8. The molecule has 0 unspecified atom stereocenters. The van der Waals surface area contributed by atoms with Gasteiger partial charge < -0.3 is 15.1 Å². The molecule has 0 saturated carbocycles. The minimum atomic E-state index is 0.0522. The van der Waals surface area contributed by atoms with Gasteiger partial charge in [0.15, 0.2) is 0 Å². The minimum absolute atomic E-state index is 0.0522. The van der Waals surface area contributed by atoms with Crippen LogP contribution < -0.4 is 4.90 Å². The second-order valence-electron chi connectivity index (χ2n) is 8.75. The Balaban J connectivity index is 1.68. The predicted octanol–water partition coefficient (Wildman–Crippen LogP) is 7.36. The van der Waals surface area contributed by atoms with Crippen LogP contribution in [0, 0.1) is 0 Å². The highest BCUT2D eigenvalue weighted by atomic mass is 16.3. The van der Waals surface area contributed by atoms with Crippen molar-refractivity contribution in [2.75, 3.05) is 31.2 Å². The van der Waals surface area contributed by atoms with Crippen LogP contribution in [0.3, 0.4) is 0 Å². The third kappa shape index (κ3) is 11.4. The summed E-state index contributed by atoms with van der Waals surface area (Å²) >= 11 is 0. The molecule has 0 radical (unpaired) electrons. The van der Waals surface area contributed by atoms with E-state index in [-0.39, 0.29) is 13.2 Å². The standard InChI is InChI=1S/C28H43N3O2/c1-2-3-4-5-6-7-8-9-10-11-12-25-13-15-26(16-14-25)29-30-27-17-19-28(20-18-27)31(21-23-32)22-24-33/h13-20,32-33H,2-12,21-24H2,1H3. The summed E-state index contributed by atoms with van der Waals surface area (Å²) in [5, 5.41) is 27.0. The van der Waals surface area contributed by atoms with Crippen molar-refractivity contribution in [2.24, 2.45) is 10.2 Å². The van der Waals surface area contributed by atoms with Crippen molar-refractivity contribution in [1.29, 1.82) is 0 Å². The number of hydrogen-bond acceptors (Lipinski definition) is 5. The second kappa shape index (κ2) is 17.3. The number of nitrogens with zero attached hydrogens (tertiary/aromatic N) is 3. The van der Waals surface area contributed by atoms with E-state index in [9.17, 15) is 10.2 Å². The molecule has 5 nitrogen and oxygen atoms in total. The number of anilines is 1. The average Bonchev–Trinajstić information content (AvgIpc) is 2.85. The first-order valence-corrected chi connectivity index (χ1v) is 12.8. The molecule has 0 saturated heterocycles. The molecule has 2 N–H and O–H groups in total. The van der Waals surface area contributed by atoms with E-state index in [4.69, 9.17) is 0 Å². The number of aliphatic hydroxyl groups is 2. The van der Waals surface area contributed by atoms with Gasteiger partial charge in [-0.05, 0) is 54.8 Å². The fourth-order valence-electron chi connectivity index (χ4n) is 4.00. The molecule has 0 atom stereocenters. The lowest BCUT2D eigenvalue weighted by Crippen LogP contribution is -2.29. The van der Waals surface area contributed by atoms with E-state index in [0.717, 1.165) is 23.5 Å². The SMILES string of the molecule is CCCCCCCCCCCCc1ccc(N=Nc2ccc(N(CCO)CCO)cc2)cc1. The summed E-state index contributed by atoms with van der Waals surface area (Å²) in [6, 6.07) is 16.1. The molecule has 33 heavy (non-hydrogen) atoms. The topological polar surface area (TPSA) is 68.4 Å². The summed E-state index contributed by atoms with van der Waals surface area (Å²) in [5.74, 6) is 0. The van der Waals surface area contributed by atoms with E-state index in [1.807, 2.05) is 41.3 Å². The van der Waals surface area contributed by atoms with Crippen LogP contribution in [0.1, 0.15) is 76.7 Å². The maximum Gasteiger partial charge on any atom is 0.0858 e. The van der Waals surface area contributed by atoms with Gasteiger partial charge >= 0.3 is 0 Å². The Morgan fingerprint density at radius 2 is 1.06 bits per heavy atom. The first kappa shape index (κ1) is 27.0. The molecule has 2 aromatic rings. The smallest absolute Gasteiger partial charge is 0.0858 e. The quantitative estimate of drug-likeness (QED) is 0.183. The second-order valence-corrected chi connectivity index (χ2v) is 8.75. The van der Waals surface area contributed by atoms with Crippen molar-refractivity contribution >= 4 is 17.1 Å². The molecular formula is C28H43N3O2. The number of benzene rings is 2. The number of hydrogen-bond donors (Lipinski definition) is 2. The molecule has 0 aliphatic rings. The van der Waals surface area contributed by atoms with E-state index >= 15 is 0 Å². The average molecular weight is 454 g/mol. The first-order chi connectivity index (χ1) is 16.3. The van der Waals surface area contributed by atoms with Gasteiger partial charge in [0.2, 0.25) is 0 Å². The van der Waals surface area contributed by atoms with E-state index in [1.165, 1.54) is 69.8 Å². The van der Waals surface area contributed by atoms with Crippen LogP contribution in [0.4, 0.5) is 17.1 Å². The summed E-state index contributed by atoms with van der Waals surface area (Å²) in [6.07, 6.45) is 14.8. The van der Waals surface area contributed by atoms with Crippen molar-refractivity contribution in [1.82, 2.24) is 0 Å². The van der Waals surface area contributed by atoms with Crippen molar-refractivity contribution < 1.29 is 10.2 Å². The number of azo groups is 1. The van der Waals surface area contributed by atoms with E-state index in [2.05, 4.69) is 29.3 Å². The number of aliphatic hydroxyl groups excluding tert-OH is 2. The molecule has 5 heteroatoms. The van der Waals surface area contributed by atoms with Gasteiger partial charge in [0.25, 0.3) is 0 Å². The zero-order valence-corrected chi connectivity index (χ0v) is 20.5. The van der Waals surface area contributed by atoms with Gasteiger partial charge in [-0.2, -0.15) is 10.2 Å². The largest absolute Gasteiger partial charge is 0.395 e. The van der Waals surface area contributed by atoms with Crippen molar-refractivity contribution in [3.8, 4) is 0 Å². The fourth-order valence-corrected chi connectivity index (χ4v) is 4.00. The maximum absolute atomic E-state index is 9.17. The lowest BCUT2D eigenvalue weighted by molar-refractivity contribution is 0.281. The van der Waals surface area contributed by atoms with E-state index < -0.39 is 0 Å². The third-order valence-electron chi connectivity index (χ3n) is 5.99. The molecule has 0 heterocycles. The molecule has 2 rings (SSSR count). The Labute approximate surface area is 200 Å². The van der Waals surface area contributed by atoms with E-state index in [1.54, 1.807) is 0 Å². The Bertz CT molecular complexity index is 754. The predicted molar refractivity (Wildman–Crippen MR) is 139 cm³/mol. The van der Waals surface area contributed by atoms with Gasteiger partial charge in [-0.1, -0.05) is 76.8 Å².